The van der Waals surface area contributed by atoms with Crippen LogP contribution in [0.1, 0.15) is 52.9 Å². The number of benzene rings is 2. The van der Waals surface area contributed by atoms with E-state index < -0.39 is 12.0 Å². The molecule has 0 unspecified atom stereocenters. The van der Waals surface area contributed by atoms with Crippen LogP contribution in [0.5, 0.6) is 5.75 Å². The summed E-state index contributed by atoms with van der Waals surface area (Å²) in [7, 11) is 0. The summed E-state index contributed by atoms with van der Waals surface area (Å²) in [5.74, 6) is -0.00121. The highest BCUT2D eigenvalue weighted by molar-refractivity contribution is 6.23. The Balaban J connectivity index is 1.64. The van der Waals surface area contributed by atoms with Gasteiger partial charge < -0.3 is 4.74 Å². The third-order valence-electron chi connectivity index (χ3n) is 6.68. The van der Waals surface area contributed by atoms with Crippen LogP contribution >= 0.6 is 0 Å². The number of carbonyl (C=O) groups excluding carboxylic acids is 2. The molecule has 2 fully saturated rings. The number of unbranched alkanes of at least 4 members (excludes halogenated alkanes) is 1. The quantitative estimate of drug-likeness (QED) is 0.456. The van der Waals surface area contributed by atoms with Crippen molar-refractivity contribution in [1.29, 1.82) is 0 Å². The minimum atomic E-state index is -0.797. The van der Waals surface area contributed by atoms with Crippen LogP contribution in [0.15, 0.2) is 54.6 Å². The van der Waals surface area contributed by atoms with Gasteiger partial charge in [-0.05, 0) is 55.2 Å². The van der Waals surface area contributed by atoms with Crippen molar-refractivity contribution in [2.75, 3.05) is 16.6 Å². The Hall–Kier alpha value is -2.86. The Morgan fingerprint density at radius 3 is 2.27 bits per heavy atom. The van der Waals surface area contributed by atoms with E-state index in [1.165, 1.54) is 4.90 Å². The second-order valence-corrected chi connectivity index (χ2v) is 8.87. The van der Waals surface area contributed by atoms with E-state index in [0.29, 0.717) is 12.3 Å². The Labute approximate surface area is 196 Å². The molecule has 0 radical (unpaired) electrons. The predicted molar refractivity (Wildman–Crippen MR) is 129 cm³/mol. The molecular formula is C27H34N2O4. The van der Waals surface area contributed by atoms with Gasteiger partial charge in [0.05, 0.1) is 29.9 Å². The zero-order chi connectivity index (χ0) is 23.4. The number of hydrogen-bond acceptors (Lipinski definition) is 5. The first kappa shape index (κ1) is 23.3. The van der Waals surface area contributed by atoms with Crippen molar-refractivity contribution in [2.24, 2.45) is 11.8 Å². The highest BCUT2D eigenvalue weighted by Gasteiger charge is 2.61. The number of hydrogen-bond donors (Lipinski definition) is 0. The SMILES string of the molecule is CCCC[C@H](CC)[C@@H]1[C@@H]2C(=O)N(c3ccc(OCCC)cc3)C(=O)[C@H]2ON1c1ccccc1. The molecule has 2 heterocycles. The van der Waals surface area contributed by atoms with Crippen LogP contribution in [0.2, 0.25) is 0 Å². The van der Waals surface area contributed by atoms with E-state index in [4.69, 9.17) is 9.57 Å². The minimum absolute atomic E-state index is 0.175. The number of amides is 2. The number of ether oxygens (including phenoxy) is 1. The third kappa shape index (κ3) is 4.49. The summed E-state index contributed by atoms with van der Waals surface area (Å²) in [5.41, 5.74) is 1.45. The highest BCUT2D eigenvalue weighted by Crippen LogP contribution is 2.44. The molecule has 2 aromatic carbocycles. The van der Waals surface area contributed by atoms with Crippen LogP contribution in [0.25, 0.3) is 0 Å². The second-order valence-electron chi connectivity index (χ2n) is 8.87. The first-order chi connectivity index (χ1) is 16.1. The summed E-state index contributed by atoms with van der Waals surface area (Å²) >= 11 is 0. The monoisotopic (exact) mass is 450 g/mol. The summed E-state index contributed by atoms with van der Waals surface area (Å²) in [6.45, 7) is 7.01. The lowest BCUT2D eigenvalue weighted by molar-refractivity contribution is -0.126. The van der Waals surface area contributed by atoms with Crippen LogP contribution < -0.4 is 14.7 Å². The molecule has 2 saturated heterocycles. The first-order valence-electron chi connectivity index (χ1n) is 12.2. The van der Waals surface area contributed by atoms with Crippen LogP contribution in [0.4, 0.5) is 11.4 Å². The maximum Gasteiger partial charge on any atom is 0.266 e. The number of rotatable bonds is 10. The molecule has 2 aliphatic heterocycles. The molecule has 2 aromatic rings. The lowest BCUT2D eigenvalue weighted by Gasteiger charge is -2.33. The summed E-state index contributed by atoms with van der Waals surface area (Å²) in [5, 5.41) is 1.84. The lowest BCUT2D eigenvalue weighted by atomic mass is 9.82. The van der Waals surface area contributed by atoms with Crippen molar-refractivity contribution < 1.29 is 19.2 Å². The predicted octanol–water partition coefficient (Wildman–Crippen LogP) is 5.37. The van der Waals surface area contributed by atoms with Crippen molar-refractivity contribution >= 4 is 23.2 Å². The number of anilines is 2. The van der Waals surface area contributed by atoms with Crippen molar-refractivity contribution in [2.45, 2.75) is 65.0 Å². The molecule has 33 heavy (non-hydrogen) atoms. The standard InChI is InChI=1S/C27H34N2O4/c1-4-7-11-19(6-3)24-23-25(33-29(24)21-12-9-8-10-13-21)27(31)28(26(23)30)20-14-16-22(17-15-20)32-18-5-2/h8-10,12-17,19,23-25H,4-7,11,18H2,1-3H3/t19-,23-,24+,25-/m0/s1. The van der Waals surface area contributed by atoms with Gasteiger partial charge in [0.15, 0.2) is 6.10 Å². The largest absolute Gasteiger partial charge is 0.494 e. The zero-order valence-corrected chi connectivity index (χ0v) is 19.8. The Morgan fingerprint density at radius 2 is 1.64 bits per heavy atom. The van der Waals surface area contributed by atoms with Crippen molar-refractivity contribution in [3.8, 4) is 5.75 Å². The molecule has 0 N–H and O–H groups in total. The Morgan fingerprint density at radius 1 is 0.909 bits per heavy atom. The van der Waals surface area contributed by atoms with E-state index in [2.05, 4.69) is 13.8 Å². The van der Waals surface area contributed by atoms with Gasteiger partial charge in [-0.2, -0.15) is 0 Å². The molecule has 2 aliphatic rings. The van der Waals surface area contributed by atoms with Gasteiger partial charge in [-0.1, -0.05) is 58.2 Å². The molecule has 0 bridgehead atoms. The minimum Gasteiger partial charge on any atom is -0.494 e. The zero-order valence-electron chi connectivity index (χ0n) is 19.8. The lowest BCUT2D eigenvalue weighted by Crippen LogP contribution is -2.44. The van der Waals surface area contributed by atoms with Gasteiger partial charge in [0.2, 0.25) is 5.91 Å². The van der Waals surface area contributed by atoms with Crippen LogP contribution in [-0.2, 0) is 14.4 Å². The number of para-hydroxylation sites is 1. The molecule has 6 heteroatoms. The fourth-order valence-electron chi connectivity index (χ4n) is 4.98. The second kappa shape index (κ2) is 10.4. The third-order valence-corrected chi connectivity index (χ3v) is 6.68. The summed E-state index contributed by atoms with van der Waals surface area (Å²) in [6.07, 6.45) is 4.22. The molecule has 4 atom stereocenters. The summed E-state index contributed by atoms with van der Waals surface area (Å²) < 4.78 is 5.64. The molecule has 6 nitrogen and oxygen atoms in total. The summed E-state index contributed by atoms with van der Waals surface area (Å²) in [6, 6.07) is 16.8. The van der Waals surface area contributed by atoms with Gasteiger partial charge in [0, 0.05) is 0 Å². The van der Waals surface area contributed by atoms with Gasteiger partial charge in [-0.25, -0.2) is 9.96 Å². The highest BCUT2D eigenvalue weighted by atomic mass is 16.7. The van der Waals surface area contributed by atoms with Gasteiger partial charge in [-0.3, -0.25) is 14.4 Å². The number of carbonyl (C=O) groups is 2. The van der Waals surface area contributed by atoms with Crippen LogP contribution in [0, 0.1) is 11.8 Å². The Kier molecular flexibility index (Phi) is 7.33. The number of nitrogens with zero attached hydrogens (tertiary/aromatic N) is 2. The molecule has 176 valence electrons. The van der Waals surface area contributed by atoms with E-state index in [0.717, 1.165) is 43.5 Å². The van der Waals surface area contributed by atoms with E-state index >= 15 is 0 Å². The molecule has 2 amide bonds. The molecular weight excluding hydrogens is 416 g/mol. The van der Waals surface area contributed by atoms with Crippen molar-refractivity contribution in [3.05, 3.63) is 54.6 Å². The van der Waals surface area contributed by atoms with E-state index in [-0.39, 0.29) is 23.8 Å². The average Bonchev–Trinajstić information content (AvgIpc) is 3.35. The fraction of sp³-hybridized carbons (Fsp3) is 0.481. The molecule has 0 spiro atoms. The normalized spacial score (nSPS) is 23.2. The maximum absolute atomic E-state index is 13.7. The van der Waals surface area contributed by atoms with Gasteiger partial charge in [0.1, 0.15) is 5.75 Å². The fourth-order valence-corrected chi connectivity index (χ4v) is 4.98. The smallest absolute Gasteiger partial charge is 0.266 e. The maximum atomic E-state index is 13.7. The van der Waals surface area contributed by atoms with Crippen molar-refractivity contribution in [1.82, 2.24) is 0 Å². The van der Waals surface area contributed by atoms with Crippen molar-refractivity contribution in [3.63, 3.8) is 0 Å². The van der Waals surface area contributed by atoms with Gasteiger partial charge in [0.25, 0.3) is 5.91 Å². The first-order valence-corrected chi connectivity index (χ1v) is 12.2. The summed E-state index contributed by atoms with van der Waals surface area (Å²) in [4.78, 5) is 34.7. The van der Waals surface area contributed by atoms with Gasteiger partial charge >= 0.3 is 0 Å². The number of hydroxylamine groups is 1. The topological polar surface area (TPSA) is 59.1 Å². The molecule has 0 saturated carbocycles. The average molecular weight is 451 g/mol. The molecule has 0 aromatic heterocycles. The van der Waals surface area contributed by atoms with E-state index in [1.54, 1.807) is 12.1 Å². The van der Waals surface area contributed by atoms with Crippen LogP contribution in [-0.4, -0.2) is 30.6 Å². The van der Waals surface area contributed by atoms with E-state index in [1.807, 2.05) is 54.5 Å². The van der Waals surface area contributed by atoms with Crippen LogP contribution in [0.3, 0.4) is 0 Å². The number of imide groups is 1. The molecule has 4 rings (SSSR count). The number of fused-ring (bicyclic) bond motifs is 1. The molecule has 0 aliphatic carbocycles. The van der Waals surface area contributed by atoms with Gasteiger partial charge in [-0.15, -0.1) is 0 Å². The van der Waals surface area contributed by atoms with E-state index in [9.17, 15) is 9.59 Å². The Bertz CT molecular complexity index is 946.